The zero-order chi connectivity index (χ0) is 14.9. The normalized spacial score (nSPS) is 21.0. The fraction of sp³-hybridized carbons (Fsp3) is 0.200. The lowest BCUT2D eigenvalue weighted by atomic mass is 9.86. The molecule has 0 radical (unpaired) electrons. The van der Waals surface area contributed by atoms with Crippen LogP contribution in [0.1, 0.15) is 10.4 Å². The SMILES string of the molecule is COc1ccc(C2(Cc3cccs3)N=C(N)NC2=O)cc1. The first-order chi connectivity index (χ1) is 10.1. The largest absolute Gasteiger partial charge is 0.497 e. The number of methoxy groups -OCH3 is 1. The summed E-state index contributed by atoms with van der Waals surface area (Å²) in [6.45, 7) is 0. The molecule has 0 saturated carbocycles. The number of thiophene rings is 1. The zero-order valence-corrected chi connectivity index (χ0v) is 12.3. The molecule has 0 spiro atoms. The number of nitrogens with one attached hydrogen (secondary N) is 1. The summed E-state index contributed by atoms with van der Waals surface area (Å²) < 4.78 is 5.16. The summed E-state index contributed by atoms with van der Waals surface area (Å²) in [5.74, 6) is 0.700. The van der Waals surface area contributed by atoms with Crippen molar-refractivity contribution in [2.45, 2.75) is 12.0 Å². The summed E-state index contributed by atoms with van der Waals surface area (Å²) in [5.41, 5.74) is 5.52. The predicted molar refractivity (Wildman–Crippen MR) is 82.5 cm³/mol. The van der Waals surface area contributed by atoms with Crippen molar-refractivity contribution in [3.63, 3.8) is 0 Å². The summed E-state index contributed by atoms with van der Waals surface area (Å²) in [6.07, 6.45) is 0.490. The minimum atomic E-state index is -0.999. The Hall–Kier alpha value is -2.34. The number of carbonyl (C=O) groups excluding carboxylic acids is 1. The molecule has 5 nitrogen and oxygen atoms in total. The highest BCUT2D eigenvalue weighted by atomic mass is 32.1. The van der Waals surface area contributed by atoms with Crippen LogP contribution in [0.2, 0.25) is 0 Å². The number of amides is 1. The van der Waals surface area contributed by atoms with Gasteiger partial charge in [-0.3, -0.25) is 10.1 Å². The number of ether oxygens (including phenoxy) is 1. The maximum absolute atomic E-state index is 12.5. The molecule has 1 aromatic carbocycles. The van der Waals surface area contributed by atoms with Gasteiger partial charge in [0.05, 0.1) is 7.11 Å². The fourth-order valence-corrected chi connectivity index (χ4v) is 3.23. The summed E-state index contributed by atoms with van der Waals surface area (Å²) in [6, 6.07) is 11.3. The molecular weight excluding hydrogens is 286 g/mol. The molecule has 3 N–H and O–H groups in total. The maximum atomic E-state index is 12.5. The standard InChI is InChI=1S/C15H15N3O2S/c1-20-11-6-4-10(5-7-11)15(9-12-3-2-8-21-12)13(19)17-14(16)18-15/h2-8H,9H2,1H3,(H3,16,17,18,19). The first-order valence-corrected chi connectivity index (χ1v) is 7.36. The Balaban J connectivity index is 2.05. The molecule has 0 aliphatic carbocycles. The van der Waals surface area contributed by atoms with E-state index in [0.29, 0.717) is 6.42 Å². The second-order valence-corrected chi connectivity index (χ2v) is 5.83. The van der Waals surface area contributed by atoms with E-state index >= 15 is 0 Å². The van der Waals surface area contributed by atoms with Crippen LogP contribution >= 0.6 is 11.3 Å². The van der Waals surface area contributed by atoms with Gasteiger partial charge in [-0.05, 0) is 29.1 Å². The molecule has 1 amide bonds. The molecule has 0 bridgehead atoms. The summed E-state index contributed by atoms with van der Waals surface area (Å²) >= 11 is 1.60. The van der Waals surface area contributed by atoms with Crippen LogP contribution in [0.4, 0.5) is 0 Å². The Morgan fingerprint density at radius 1 is 1.33 bits per heavy atom. The molecule has 0 saturated heterocycles. The van der Waals surface area contributed by atoms with Gasteiger partial charge < -0.3 is 10.5 Å². The highest BCUT2D eigenvalue weighted by Crippen LogP contribution is 2.35. The van der Waals surface area contributed by atoms with Crippen molar-refractivity contribution in [3.8, 4) is 5.75 Å². The van der Waals surface area contributed by atoms with E-state index in [1.54, 1.807) is 18.4 Å². The molecule has 1 atom stereocenters. The minimum Gasteiger partial charge on any atom is -0.497 e. The van der Waals surface area contributed by atoms with Gasteiger partial charge in [-0.1, -0.05) is 18.2 Å². The molecule has 0 fully saturated rings. The van der Waals surface area contributed by atoms with E-state index in [0.717, 1.165) is 16.2 Å². The van der Waals surface area contributed by atoms with Gasteiger partial charge in [0, 0.05) is 11.3 Å². The van der Waals surface area contributed by atoms with Crippen LogP contribution in [-0.2, 0) is 16.8 Å². The van der Waals surface area contributed by atoms with Gasteiger partial charge in [0.1, 0.15) is 5.75 Å². The molecule has 2 heterocycles. The van der Waals surface area contributed by atoms with Crippen molar-refractivity contribution < 1.29 is 9.53 Å². The topological polar surface area (TPSA) is 76.7 Å². The van der Waals surface area contributed by atoms with Crippen LogP contribution in [0.3, 0.4) is 0 Å². The second-order valence-electron chi connectivity index (χ2n) is 4.80. The molecule has 6 heteroatoms. The number of carbonyl (C=O) groups is 1. The fourth-order valence-electron chi connectivity index (χ4n) is 2.45. The number of nitrogens with zero attached hydrogens (tertiary/aromatic N) is 1. The third kappa shape index (κ3) is 2.38. The lowest BCUT2D eigenvalue weighted by Gasteiger charge is -2.23. The van der Waals surface area contributed by atoms with Gasteiger partial charge in [0.2, 0.25) is 0 Å². The monoisotopic (exact) mass is 301 g/mol. The lowest BCUT2D eigenvalue weighted by molar-refractivity contribution is -0.124. The molecule has 21 heavy (non-hydrogen) atoms. The minimum absolute atomic E-state index is 0.160. The molecule has 1 unspecified atom stereocenters. The molecule has 1 aliphatic rings. The van der Waals surface area contributed by atoms with Crippen LogP contribution in [0.5, 0.6) is 5.75 Å². The number of aliphatic imine (C=N–C) groups is 1. The van der Waals surface area contributed by atoms with E-state index in [2.05, 4.69) is 10.3 Å². The van der Waals surface area contributed by atoms with Crippen LogP contribution in [0, 0.1) is 0 Å². The number of hydrogen-bond acceptors (Lipinski definition) is 5. The lowest BCUT2D eigenvalue weighted by Crippen LogP contribution is -2.40. The molecule has 3 rings (SSSR count). The number of rotatable bonds is 4. The quantitative estimate of drug-likeness (QED) is 0.901. The van der Waals surface area contributed by atoms with Crippen LogP contribution in [-0.4, -0.2) is 19.0 Å². The molecule has 1 aliphatic heterocycles. The summed E-state index contributed by atoms with van der Waals surface area (Å²) in [5, 5.41) is 4.59. The Kier molecular flexibility index (Phi) is 3.39. The highest BCUT2D eigenvalue weighted by Gasteiger charge is 2.45. The second kappa shape index (κ2) is 5.21. The van der Waals surface area contributed by atoms with Crippen molar-refractivity contribution in [3.05, 3.63) is 52.2 Å². The Morgan fingerprint density at radius 2 is 2.10 bits per heavy atom. The van der Waals surface area contributed by atoms with Gasteiger partial charge in [0.15, 0.2) is 11.5 Å². The average molecular weight is 301 g/mol. The summed E-state index contributed by atoms with van der Waals surface area (Å²) in [7, 11) is 1.61. The van der Waals surface area contributed by atoms with Crippen molar-refractivity contribution in [1.82, 2.24) is 5.32 Å². The van der Waals surface area contributed by atoms with Crippen LogP contribution < -0.4 is 15.8 Å². The number of guanidine groups is 1. The molecule has 1 aromatic heterocycles. The van der Waals surface area contributed by atoms with E-state index in [1.165, 1.54) is 0 Å². The van der Waals surface area contributed by atoms with Gasteiger partial charge in [-0.15, -0.1) is 11.3 Å². The van der Waals surface area contributed by atoms with Crippen molar-refractivity contribution in [2.24, 2.45) is 10.7 Å². The third-order valence-electron chi connectivity index (χ3n) is 3.51. The van der Waals surface area contributed by atoms with Crippen molar-refractivity contribution >= 4 is 23.2 Å². The van der Waals surface area contributed by atoms with Crippen molar-refractivity contribution in [2.75, 3.05) is 7.11 Å². The molecule has 2 aromatic rings. The third-order valence-corrected chi connectivity index (χ3v) is 4.38. The Bertz CT molecular complexity index is 679. The van der Waals surface area contributed by atoms with E-state index < -0.39 is 5.54 Å². The summed E-state index contributed by atoms with van der Waals surface area (Å²) in [4.78, 5) is 17.9. The van der Waals surface area contributed by atoms with Gasteiger partial charge in [0.25, 0.3) is 5.91 Å². The van der Waals surface area contributed by atoms with Crippen LogP contribution in [0.25, 0.3) is 0 Å². The molecule has 108 valence electrons. The Morgan fingerprint density at radius 3 is 2.62 bits per heavy atom. The average Bonchev–Trinajstić information content (AvgIpc) is 3.08. The van der Waals surface area contributed by atoms with E-state index in [-0.39, 0.29) is 11.9 Å². The highest BCUT2D eigenvalue weighted by molar-refractivity contribution is 7.09. The number of hydrogen-bond donors (Lipinski definition) is 2. The predicted octanol–water partition coefficient (Wildman–Crippen LogP) is 1.64. The molecular formula is C15H15N3O2S. The van der Waals surface area contributed by atoms with Gasteiger partial charge in [-0.2, -0.15) is 0 Å². The maximum Gasteiger partial charge on any atom is 0.259 e. The first kappa shape index (κ1) is 13.6. The van der Waals surface area contributed by atoms with E-state index in [1.807, 2.05) is 41.8 Å². The van der Waals surface area contributed by atoms with Gasteiger partial charge in [-0.25, -0.2) is 4.99 Å². The number of nitrogens with two attached hydrogens (primary N) is 1. The zero-order valence-electron chi connectivity index (χ0n) is 11.5. The van der Waals surface area contributed by atoms with Gasteiger partial charge >= 0.3 is 0 Å². The number of benzene rings is 1. The van der Waals surface area contributed by atoms with Crippen molar-refractivity contribution in [1.29, 1.82) is 0 Å². The Labute approximate surface area is 126 Å². The van der Waals surface area contributed by atoms with E-state index in [9.17, 15) is 4.79 Å². The smallest absolute Gasteiger partial charge is 0.259 e. The van der Waals surface area contributed by atoms with Crippen LogP contribution in [0.15, 0.2) is 46.8 Å². The van der Waals surface area contributed by atoms with E-state index in [4.69, 9.17) is 10.5 Å². The first-order valence-electron chi connectivity index (χ1n) is 6.48.